The third kappa shape index (κ3) is 3.77. The van der Waals surface area contributed by atoms with Gasteiger partial charge in [0, 0.05) is 32.1 Å². The lowest BCUT2D eigenvalue weighted by atomic mass is 10.3. The second kappa shape index (κ2) is 5.22. The Morgan fingerprint density at radius 2 is 2.31 bits per heavy atom. The van der Waals surface area contributed by atoms with Crippen molar-refractivity contribution in [1.29, 1.82) is 0 Å². The summed E-state index contributed by atoms with van der Waals surface area (Å²) in [7, 11) is 2.16. The molecule has 0 radical (unpaired) electrons. The number of likely N-dealkylation sites (N-methyl/N-ethyl adjacent to an activating group) is 1. The summed E-state index contributed by atoms with van der Waals surface area (Å²) < 4.78 is 0. The Labute approximate surface area is 81.2 Å². The quantitative estimate of drug-likeness (QED) is 0.707. The van der Waals surface area contributed by atoms with Gasteiger partial charge in [0.25, 0.3) is 0 Å². The molecule has 0 aromatic carbocycles. The number of hydrogen-bond acceptors (Lipinski definition) is 3. The first-order valence-corrected chi connectivity index (χ1v) is 5.17. The highest BCUT2D eigenvalue weighted by molar-refractivity contribution is 5.83. The molecule has 0 atom stereocenters. The van der Waals surface area contributed by atoms with E-state index in [0.29, 0.717) is 6.04 Å². The van der Waals surface area contributed by atoms with Gasteiger partial charge in [-0.3, -0.25) is 4.99 Å². The van der Waals surface area contributed by atoms with E-state index in [1.165, 1.54) is 12.3 Å². The number of rotatable bonds is 4. The zero-order valence-electron chi connectivity index (χ0n) is 9.01. The van der Waals surface area contributed by atoms with Crippen molar-refractivity contribution in [3.8, 4) is 0 Å². The van der Waals surface area contributed by atoms with Gasteiger partial charge in [0.2, 0.25) is 0 Å². The van der Waals surface area contributed by atoms with Gasteiger partial charge in [-0.25, -0.2) is 0 Å². The topological polar surface area (TPSA) is 27.6 Å². The van der Waals surface area contributed by atoms with Gasteiger partial charge < -0.3 is 10.2 Å². The first kappa shape index (κ1) is 10.5. The first-order chi connectivity index (χ1) is 6.20. The summed E-state index contributed by atoms with van der Waals surface area (Å²) in [5.74, 6) is 1.21. The molecule has 1 heterocycles. The van der Waals surface area contributed by atoms with Crippen LogP contribution < -0.4 is 5.32 Å². The molecule has 1 rings (SSSR count). The molecule has 0 aliphatic carbocycles. The maximum Gasteiger partial charge on any atom is 0.0964 e. The molecule has 0 saturated heterocycles. The normalized spacial score (nSPS) is 16.8. The smallest absolute Gasteiger partial charge is 0.0964 e. The van der Waals surface area contributed by atoms with Crippen LogP contribution in [-0.4, -0.2) is 43.5 Å². The van der Waals surface area contributed by atoms with E-state index >= 15 is 0 Å². The van der Waals surface area contributed by atoms with Crippen LogP contribution in [0.4, 0.5) is 0 Å². The monoisotopic (exact) mass is 183 g/mol. The zero-order valence-corrected chi connectivity index (χ0v) is 9.01. The minimum Gasteiger partial charge on any atom is -0.373 e. The highest BCUT2D eigenvalue weighted by atomic mass is 15.1. The average Bonchev–Trinajstić information content (AvgIpc) is 2.56. The number of hydrogen-bond donors (Lipinski definition) is 1. The average molecular weight is 183 g/mol. The second-order valence-corrected chi connectivity index (χ2v) is 3.93. The van der Waals surface area contributed by atoms with Crippen molar-refractivity contribution in [2.75, 3.05) is 26.7 Å². The van der Waals surface area contributed by atoms with Crippen molar-refractivity contribution in [2.24, 2.45) is 4.99 Å². The van der Waals surface area contributed by atoms with Crippen LogP contribution >= 0.6 is 0 Å². The van der Waals surface area contributed by atoms with E-state index in [2.05, 4.69) is 36.1 Å². The number of aliphatic imine (C=N–C) groups is 1. The summed E-state index contributed by atoms with van der Waals surface area (Å²) in [6.07, 6.45) is 2.37. The lowest BCUT2D eigenvalue weighted by Gasteiger charge is -2.21. The second-order valence-electron chi connectivity index (χ2n) is 3.93. The Morgan fingerprint density at radius 1 is 1.54 bits per heavy atom. The summed E-state index contributed by atoms with van der Waals surface area (Å²) in [4.78, 5) is 6.70. The molecule has 1 N–H and O–H groups in total. The van der Waals surface area contributed by atoms with Crippen molar-refractivity contribution in [1.82, 2.24) is 10.2 Å². The van der Waals surface area contributed by atoms with Crippen LogP contribution in [0.3, 0.4) is 0 Å². The van der Waals surface area contributed by atoms with Gasteiger partial charge in [0.15, 0.2) is 0 Å². The SMILES string of the molecule is CC(C)N(C)CCNC1=NCCC1. The van der Waals surface area contributed by atoms with E-state index in [9.17, 15) is 0 Å². The van der Waals surface area contributed by atoms with Gasteiger partial charge in [0.1, 0.15) is 0 Å². The third-order valence-corrected chi connectivity index (χ3v) is 2.55. The number of amidine groups is 1. The van der Waals surface area contributed by atoms with Crippen molar-refractivity contribution >= 4 is 5.84 Å². The standard InChI is InChI=1S/C10H21N3/c1-9(2)13(3)8-7-12-10-5-4-6-11-10/h9H,4-8H2,1-3H3,(H,11,12). The van der Waals surface area contributed by atoms with E-state index in [0.717, 1.165) is 26.1 Å². The largest absolute Gasteiger partial charge is 0.373 e. The Morgan fingerprint density at radius 3 is 2.85 bits per heavy atom. The summed E-state index contributed by atoms with van der Waals surface area (Å²) in [6.45, 7) is 7.56. The van der Waals surface area contributed by atoms with Crippen molar-refractivity contribution in [2.45, 2.75) is 32.7 Å². The molecule has 0 bridgehead atoms. The molecule has 0 aromatic rings. The molecule has 76 valence electrons. The molecule has 0 unspecified atom stereocenters. The molecule has 0 saturated carbocycles. The van der Waals surface area contributed by atoms with Gasteiger partial charge in [-0.15, -0.1) is 0 Å². The molecule has 3 heteroatoms. The highest BCUT2D eigenvalue weighted by Gasteiger charge is 2.06. The number of nitrogens with one attached hydrogen (secondary N) is 1. The van der Waals surface area contributed by atoms with Gasteiger partial charge in [0.05, 0.1) is 5.84 Å². The molecule has 13 heavy (non-hydrogen) atoms. The summed E-state index contributed by atoms with van der Waals surface area (Å²) in [5, 5.41) is 3.38. The van der Waals surface area contributed by atoms with Crippen LogP contribution in [0.1, 0.15) is 26.7 Å². The third-order valence-electron chi connectivity index (χ3n) is 2.55. The Bertz CT molecular complexity index is 175. The predicted molar refractivity (Wildman–Crippen MR) is 57.3 cm³/mol. The molecule has 0 spiro atoms. The molecule has 3 nitrogen and oxygen atoms in total. The molecule has 0 fully saturated rings. The van der Waals surface area contributed by atoms with Crippen LogP contribution in [0, 0.1) is 0 Å². The lowest BCUT2D eigenvalue weighted by Crippen LogP contribution is -2.35. The molecule has 1 aliphatic heterocycles. The van der Waals surface area contributed by atoms with Crippen LogP contribution in [0.5, 0.6) is 0 Å². The van der Waals surface area contributed by atoms with Gasteiger partial charge >= 0.3 is 0 Å². The summed E-state index contributed by atoms with van der Waals surface area (Å²) in [6, 6.07) is 0.632. The van der Waals surface area contributed by atoms with Crippen molar-refractivity contribution < 1.29 is 0 Å². The fourth-order valence-corrected chi connectivity index (χ4v) is 1.32. The molecular weight excluding hydrogens is 162 g/mol. The maximum absolute atomic E-state index is 4.36. The summed E-state index contributed by atoms with van der Waals surface area (Å²) >= 11 is 0. The Kier molecular flexibility index (Phi) is 4.22. The number of nitrogens with zero attached hydrogens (tertiary/aromatic N) is 2. The molecular formula is C10H21N3. The lowest BCUT2D eigenvalue weighted by molar-refractivity contribution is 0.278. The van der Waals surface area contributed by atoms with Crippen LogP contribution in [0.2, 0.25) is 0 Å². The Hall–Kier alpha value is -0.570. The van der Waals surface area contributed by atoms with Crippen LogP contribution in [0.15, 0.2) is 4.99 Å². The fourth-order valence-electron chi connectivity index (χ4n) is 1.32. The molecule has 0 amide bonds. The van der Waals surface area contributed by atoms with E-state index in [4.69, 9.17) is 0 Å². The van der Waals surface area contributed by atoms with E-state index < -0.39 is 0 Å². The van der Waals surface area contributed by atoms with Crippen molar-refractivity contribution in [3.05, 3.63) is 0 Å². The molecule has 1 aliphatic rings. The van der Waals surface area contributed by atoms with Gasteiger partial charge in [-0.1, -0.05) is 0 Å². The van der Waals surface area contributed by atoms with Gasteiger partial charge in [-0.05, 0) is 27.3 Å². The first-order valence-electron chi connectivity index (χ1n) is 5.17. The van der Waals surface area contributed by atoms with Crippen LogP contribution in [0.25, 0.3) is 0 Å². The maximum atomic E-state index is 4.36. The van der Waals surface area contributed by atoms with Crippen LogP contribution in [-0.2, 0) is 0 Å². The predicted octanol–water partition coefficient (Wildman–Crippen LogP) is 1.11. The van der Waals surface area contributed by atoms with E-state index in [1.807, 2.05) is 0 Å². The minimum absolute atomic E-state index is 0.632. The molecule has 0 aromatic heterocycles. The van der Waals surface area contributed by atoms with Gasteiger partial charge in [-0.2, -0.15) is 0 Å². The fraction of sp³-hybridized carbons (Fsp3) is 0.900. The van der Waals surface area contributed by atoms with E-state index in [1.54, 1.807) is 0 Å². The Balaban J connectivity index is 2.06. The summed E-state index contributed by atoms with van der Waals surface area (Å²) in [5.41, 5.74) is 0. The van der Waals surface area contributed by atoms with Crippen molar-refractivity contribution in [3.63, 3.8) is 0 Å². The van der Waals surface area contributed by atoms with E-state index in [-0.39, 0.29) is 0 Å². The minimum atomic E-state index is 0.632. The zero-order chi connectivity index (χ0) is 9.68. The highest BCUT2D eigenvalue weighted by Crippen LogP contribution is 2.00.